The van der Waals surface area contributed by atoms with E-state index in [-0.39, 0.29) is 27.1 Å². The minimum absolute atomic E-state index is 0.0413. The molecule has 0 saturated carbocycles. The minimum Gasteiger partial charge on any atom is -0.0654 e. The third-order valence-corrected chi connectivity index (χ3v) is 15.2. The van der Waals surface area contributed by atoms with E-state index in [0.29, 0.717) is 5.92 Å². The maximum Gasteiger partial charge on any atom is 0.0443 e. The van der Waals surface area contributed by atoms with Gasteiger partial charge in [0.2, 0.25) is 0 Å². The molecular formula is C51H60. The van der Waals surface area contributed by atoms with Crippen molar-refractivity contribution in [2.24, 2.45) is 10.8 Å². The summed E-state index contributed by atoms with van der Waals surface area (Å²) in [7, 11) is 0. The fourth-order valence-corrected chi connectivity index (χ4v) is 11.0. The Bertz CT molecular complexity index is 2210. The van der Waals surface area contributed by atoms with Gasteiger partial charge in [0.1, 0.15) is 0 Å². The van der Waals surface area contributed by atoms with Crippen LogP contribution in [-0.2, 0) is 16.2 Å². The molecule has 1 spiro atoms. The van der Waals surface area contributed by atoms with Gasteiger partial charge in [0.05, 0.1) is 0 Å². The zero-order valence-corrected chi connectivity index (χ0v) is 33.6. The molecule has 0 amide bonds. The predicted octanol–water partition coefficient (Wildman–Crippen LogP) is 14.6. The third-order valence-electron chi connectivity index (χ3n) is 15.2. The third kappa shape index (κ3) is 4.38. The van der Waals surface area contributed by atoms with Crippen LogP contribution in [-0.4, -0.2) is 0 Å². The Hall–Kier alpha value is -3.64. The molecule has 0 nitrogen and oxygen atoms in total. The van der Waals surface area contributed by atoms with Crippen LogP contribution in [0.3, 0.4) is 0 Å². The van der Waals surface area contributed by atoms with Crippen LogP contribution in [0.25, 0.3) is 33.0 Å². The largest absolute Gasteiger partial charge is 0.0654 e. The zero-order chi connectivity index (χ0) is 36.5. The molecule has 0 aromatic heterocycles. The first-order valence-electron chi connectivity index (χ1n) is 20.2. The van der Waals surface area contributed by atoms with Crippen molar-refractivity contribution in [2.45, 2.75) is 137 Å². The lowest BCUT2D eigenvalue weighted by Gasteiger charge is -2.44. The Balaban J connectivity index is 1.50. The number of hydrogen-bond acceptors (Lipinski definition) is 0. The quantitative estimate of drug-likeness (QED) is 0.183. The summed E-state index contributed by atoms with van der Waals surface area (Å²) in [4.78, 5) is 0. The average Bonchev–Trinajstić information content (AvgIpc) is 3.65. The number of rotatable bonds is 7. The molecule has 264 valence electrons. The first kappa shape index (κ1) is 34.4. The maximum atomic E-state index is 2.80. The summed E-state index contributed by atoms with van der Waals surface area (Å²) in [5, 5.41) is 2.82. The van der Waals surface area contributed by atoms with Crippen LogP contribution >= 0.6 is 0 Å². The second-order valence-electron chi connectivity index (χ2n) is 18.5. The molecule has 0 radical (unpaired) electrons. The van der Waals surface area contributed by atoms with Crippen LogP contribution in [0.4, 0.5) is 0 Å². The van der Waals surface area contributed by atoms with Crippen LogP contribution in [0.2, 0.25) is 0 Å². The van der Waals surface area contributed by atoms with E-state index in [2.05, 4.69) is 162 Å². The standard InChI is InChI=1S/C51H60/c1-13-49(11,14-2)34-28-35(50(12,15-3)16-4)30-51(29-34)41-26-25-39-44(48(9,10)45-37-19-17-18-20-40(37)47(7,8)46(39)45)42(41)38-24-22-33-27-32(31(5)6)21-23-36(33)43(38)51/h17-29,31H,13-16,30H2,1-12H3. The van der Waals surface area contributed by atoms with E-state index in [1.807, 2.05) is 0 Å². The molecule has 0 aliphatic heterocycles. The minimum atomic E-state index is -0.230. The fraction of sp³-hybridized carbons (Fsp3) is 0.451. The van der Waals surface area contributed by atoms with Gasteiger partial charge in [-0.2, -0.15) is 0 Å². The average molecular weight is 673 g/mol. The summed E-state index contributed by atoms with van der Waals surface area (Å²) < 4.78 is 0. The van der Waals surface area contributed by atoms with Gasteiger partial charge >= 0.3 is 0 Å². The highest BCUT2D eigenvalue weighted by Gasteiger charge is 2.55. The Labute approximate surface area is 309 Å². The highest BCUT2D eigenvalue weighted by Crippen LogP contribution is 2.68. The fourth-order valence-electron chi connectivity index (χ4n) is 11.0. The van der Waals surface area contributed by atoms with Crippen LogP contribution in [0.1, 0.15) is 160 Å². The number of allylic oxidation sites excluding steroid dienone is 6. The van der Waals surface area contributed by atoms with Crippen molar-refractivity contribution in [1.29, 1.82) is 0 Å². The normalized spacial score (nSPS) is 21.1. The molecule has 1 unspecified atom stereocenters. The van der Waals surface area contributed by atoms with Gasteiger partial charge in [-0.15, -0.1) is 0 Å². The molecule has 4 aliphatic carbocycles. The Morgan fingerprint density at radius 1 is 0.647 bits per heavy atom. The first-order valence-corrected chi connectivity index (χ1v) is 20.2. The van der Waals surface area contributed by atoms with E-state index >= 15 is 0 Å². The van der Waals surface area contributed by atoms with Crippen LogP contribution < -0.4 is 0 Å². The molecular weight excluding hydrogens is 613 g/mol. The van der Waals surface area contributed by atoms with Gasteiger partial charge in [-0.05, 0) is 126 Å². The Morgan fingerprint density at radius 2 is 1.29 bits per heavy atom. The lowest BCUT2D eigenvalue weighted by molar-refractivity contribution is 0.328. The summed E-state index contributed by atoms with van der Waals surface area (Å²) >= 11 is 0. The van der Waals surface area contributed by atoms with Crippen molar-refractivity contribution < 1.29 is 0 Å². The summed E-state index contributed by atoms with van der Waals surface area (Å²) in [5.74, 6) is 0.498. The van der Waals surface area contributed by atoms with Gasteiger partial charge in [0.15, 0.2) is 0 Å². The second kappa shape index (κ2) is 11.2. The summed E-state index contributed by atoms with van der Waals surface area (Å²) in [6.45, 7) is 29.3. The highest BCUT2D eigenvalue weighted by atomic mass is 14.6. The predicted molar refractivity (Wildman–Crippen MR) is 222 cm³/mol. The topological polar surface area (TPSA) is 0 Å². The summed E-state index contributed by atoms with van der Waals surface area (Å²) in [6.07, 6.45) is 11.1. The number of fused-ring (bicyclic) bond motifs is 12. The number of hydrogen-bond donors (Lipinski definition) is 0. The van der Waals surface area contributed by atoms with Crippen LogP contribution in [0, 0.1) is 10.8 Å². The molecule has 0 fully saturated rings. The molecule has 0 N–H and O–H groups in total. The van der Waals surface area contributed by atoms with Gasteiger partial charge in [0.25, 0.3) is 0 Å². The molecule has 8 rings (SSSR count). The lowest BCUT2D eigenvalue weighted by atomic mass is 9.59. The van der Waals surface area contributed by atoms with Crippen molar-refractivity contribution in [3.05, 3.63) is 129 Å². The van der Waals surface area contributed by atoms with E-state index in [9.17, 15) is 0 Å². The molecule has 4 aromatic rings. The number of benzene rings is 4. The van der Waals surface area contributed by atoms with E-state index in [0.717, 1.165) is 32.1 Å². The highest BCUT2D eigenvalue weighted by molar-refractivity contribution is 6.12. The molecule has 51 heavy (non-hydrogen) atoms. The van der Waals surface area contributed by atoms with Gasteiger partial charge in [-0.1, -0.05) is 168 Å². The van der Waals surface area contributed by atoms with Crippen LogP contribution in [0.5, 0.6) is 0 Å². The Morgan fingerprint density at radius 3 is 1.96 bits per heavy atom. The molecule has 0 saturated heterocycles. The molecule has 0 bridgehead atoms. The van der Waals surface area contributed by atoms with Gasteiger partial charge in [0, 0.05) is 16.2 Å². The molecule has 1 atom stereocenters. The van der Waals surface area contributed by atoms with Crippen molar-refractivity contribution in [3.63, 3.8) is 0 Å². The molecule has 0 heterocycles. The van der Waals surface area contributed by atoms with Gasteiger partial charge in [-0.25, -0.2) is 0 Å². The van der Waals surface area contributed by atoms with Crippen LogP contribution in [0.15, 0.2) is 90.0 Å². The maximum absolute atomic E-state index is 2.80. The van der Waals surface area contributed by atoms with Crippen molar-refractivity contribution in [3.8, 4) is 11.1 Å². The monoisotopic (exact) mass is 672 g/mol. The summed E-state index contributed by atoms with van der Waals surface area (Å²) in [5.41, 5.74) is 19.6. The van der Waals surface area contributed by atoms with E-state index < -0.39 is 0 Å². The second-order valence-corrected chi connectivity index (χ2v) is 18.5. The van der Waals surface area contributed by atoms with E-state index in [4.69, 9.17) is 0 Å². The van der Waals surface area contributed by atoms with E-state index in [1.54, 1.807) is 33.4 Å². The lowest BCUT2D eigenvalue weighted by Crippen LogP contribution is -2.34. The zero-order valence-electron chi connectivity index (χ0n) is 33.6. The van der Waals surface area contributed by atoms with E-state index in [1.165, 1.54) is 49.7 Å². The molecule has 4 aliphatic rings. The smallest absolute Gasteiger partial charge is 0.0443 e. The van der Waals surface area contributed by atoms with Crippen molar-refractivity contribution >= 4 is 21.9 Å². The molecule has 0 heteroatoms. The SMILES string of the molecule is CCC(C)(CC)C1=CC2(CC(C(C)(CC)CC)=C1)c1ccc3c(c1-c1ccc4cc(C(C)C)ccc4c12)C(C)(C)C1=C3C(C)(C)c2ccccc21. The van der Waals surface area contributed by atoms with Gasteiger partial charge < -0.3 is 0 Å². The van der Waals surface area contributed by atoms with Crippen molar-refractivity contribution in [1.82, 2.24) is 0 Å². The molecule has 4 aromatic carbocycles. The van der Waals surface area contributed by atoms with Crippen molar-refractivity contribution in [2.75, 3.05) is 0 Å². The van der Waals surface area contributed by atoms with Gasteiger partial charge in [-0.3, -0.25) is 0 Å². The summed E-state index contributed by atoms with van der Waals surface area (Å²) in [6, 6.07) is 26.7. The Kier molecular flexibility index (Phi) is 7.55. The first-order chi connectivity index (χ1) is 24.1.